The van der Waals surface area contributed by atoms with Crippen LogP contribution in [0.5, 0.6) is 0 Å². The van der Waals surface area contributed by atoms with Gasteiger partial charge in [0.1, 0.15) is 5.82 Å². The Balaban J connectivity index is 2.16. The quantitative estimate of drug-likeness (QED) is 0.783. The van der Waals surface area contributed by atoms with Crippen LogP contribution in [0.2, 0.25) is 0 Å². The van der Waals surface area contributed by atoms with Crippen molar-refractivity contribution in [2.45, 2.75) is 6.54 Å². The summed E-state index contributed by atoms with van der Waals surface area (Å²) < 4.78 is 0. The number of amides is 1. The minimum Gasteiger partial charge on any atom is -0.363 e. The molecule has 0 atom stereocenters. The van der Waals surface area contributed by atoms with E-state index in [1.807, 2.05) is 80.5 Å². The van der Waals surface area contributed by atoms with Crippen molar-refractivity contribution < 1.29 is 4.79 Å². The van der Waals surface area contributed by atoms with Gasteiger partial charge in [-0.15, -0.1) is 0 Å². The Hall–Kier alpha value is -2.40. The fourth-order valence-corrected chi connectivity index (χ4v) is 2.34. The average Bonchev–Trinajstić information content (AvgIpc) is 2.58. The van der Waals surface area contributed by atoms with E-state index in [4.69, 9.17) is 0 Å². The predicted molar refractivity (Wildman–Crippen MR) is 98.3 cm³/mol. The van der Waals surface area contributed by atoms with Gasteiger partial charge < -0.3 is 14.7 Å². The number of carbonyl (C=O) groups excluding carboxylic acids is 1. The molecule has 1 heterocycles. The lowest BCUT2D eigenvalue weighted by Gasteiger charge is -2.25. The molecule has 0 saturated carbocycles. The van der Waals surface area contributed by atoms with E-state index in [1.54, 1.807) is 6.20 Å². The zero-order valence-corrected chi connectivity index (χ0v) is 14.9. The van der Waals surface area contributed by atoms with E-state index in [0.29, 0.717) is 18.7 Å². The molecular formula is C19H26N4O. The largest absolute Gasteiger partial charge is 0.363 e. The van der Waals surface area contributed by atoms with Gasteiger partial charge in [-0.3, -0.25) is 4.79 Å². The Morgan fingerprint density at radius 2 is 1.67 bits per heavy atom. The summed E-state index contributed by atoms with van der Waals surface area (Å²) in [5.74, 6) is 0.855. The van der Waals surface area contributed by atoms with Gasteiger partial charge in [-0.05, 0) is 31.8 Å². The second kappa shape index (κ2) is 8.45. The highest BCUT2D eigenvalue weighted by molar-refractivity contribution is 5.94. The van der Waals surface area contributed by atoms with Gasteiger partial charge in [0.25, 0.3) is 5.91 Å². The van der Waals surface area contributed by atoms with Crippen LogP contribution in [0.25, 0.3) is 0 Å². The lowest BCUT2D eigenvalue weighted by Crippen LogP contribution is -2.36. The van der Waals surface area contributed by atoms with E-state index in [-0.39, 0.29) is 5.91 Å². The molecule has 0 bridgehead atoms. The van der Waals surface area contributed by atoms with Gasteiger partial charge in [-0.1, -0.05) is 30.3 Å². The second-order valence-corrected chi connectivity index (χ2v) is 6.32. The van der Waals surface area contributed by atoms with Crippen LogP contribution in [0.1, 0.15) is 15.9 Å². The van der Waals surface area contributed by atoms with Crippen LogP contribution in [0.3, 0.4) is 0 Å². The highest BCUT2D eigenvalue weighted by Gasteiger charge is 2.17. The number of anilines is 1. The number of likely N-dealkylation sites (N-methyl/N-ethyl adjacent to an activating group) is 1. The van der Waals surface area contributed by atoms with Gasteiger partial charge in [-0.2, -0.15) is 0 Å². The SMILES string of the molecule is CN(C)CCN(Cc1ccccc1)C(=O)c1ccc(N(C)C)nc1. The van der Waals surface area contributed by atoms with Crippen molar-refractivity contribution in [3.05, 3.63) is 59.8 Å². The number of carbonyl (C=O) groups is 1. The number of hydrogen-bond acceptors (Lipinski definition) is 4. The smallest absolute Gasteiger partial charge is 0.255 e. The molecule has 0 N–H and O–H groups in total. The van der Waals surface area contributed by atoms with E-state index in [0.717, 1.165) is 17.9 Å². The molecule has 2 aromatic rings. The number of hydrogen-bond donors (Lipinski definition) is 0. The summed E-state index contributed by atoms with van der Waals surface area (Å²) in [6, 6.07) is 13.8. The average molecular weight is 326 g/mol. The number of rotatable bonds is 7. The standard InChI is InChI=1S/C19H26N4O/c1-21(2)12-13-23(15-16-8-6-5-7-9-16)19(24)17-10-11-18(20-14-17)22(3)4/h5-11,14H,12-13,15H2,1-4H3. The first kappa shape index (κ1) is 17.9. The third-order valence-corrected chi connectivity index (χ3v) is 3.77. The van der Waals surface area contributed by atoms with Gasteiger partial charge in [0.05, 0.1) is 5.56 Å². The monoisotopic (exact) mass is 326 g/mol. The molecule has 0 saturated heterocycles. The number of aromatic nitrogens is 1. The Labute approximate surface area is 144 Å². The highest BCUT2D eigenvalue weighted by atomic mass is 16.2. The van der Waals surface area contributed by atoms with Crippen molar-refractivity contribution in [3.8, 4) is 0 Å². The number of nitrogens with zero attached hydrogens (tertiary/aromatic N) is 4. The van der Waals surface area contributed by atoms with Gasteiger partial charge >= 0.3 is 0 Å². The van der Waals surface area contributed by atoms with Crippen molar-refractivity contribution in [2.24, 2.45) is 0 Å². The van der Waals surface area contributed by atoms with Crippen molar-refractivity contribution in [1.82, 2.24) is 14.8 Å². The Kier molecular flexibility index (Phi) is 6.32. The minimum absolute atomic E-state index is 0.0125. The molecule has 0 radical (unpaired) electrons. The van der Waals surface area contributed by atoms with E-state index in [2.05, 4.69) is 9.88 Å². The van der Waals surface area contributed by atoms with Crippen LogP contribution in [-0.4, -0.2) is 62.0 Å². The van der Waals surface area contributed by atoms with Crippen LogP contribution >= 0.6 is 0 Å². The Bertz CT molecular complexity index is 638. The third kappa shape index (κ3) is 5.06. The van der Waals surface area contributed by atoms with Crippen molar-refractivity contribution in [2.75, 3.05) is 46.2 Å². The number of benzene rings is 1. The fourth-order valence-electron chi connectivity index (χ4n) is 2.34. The lowest BCUT2D eigenvalue weighted by atomic mass is 10.2. The predicted octanol–water partition coefficient (Wildman–Crippen LogP) is 2.35. The maximum absolute atomic E-state index is 12.9. The summed E-state index contributed by atoms with van der Waals surface area (Å²) in [5, 5.41) is 0. The summed E-state index contributed by atoms with van der Waals surface area (Å²) in [6.07, 6.45) is 1.66. The zero-order chi connectivity index (χ0) is 17.5. The zero-order valence-electron chi connectivity index (χ0n) is 14.9. The van der Waals surface area contributed by atoms with Crippen molar-refractivity contribution in [3.63, 3.8) is 0 Å². The van der Waals surface area contributed by atoms with Gasteiger partial charge in [0.2, 0.25) is 0 Å². The molecule has 0 aliphatic rings. The van der Waals surface area contributed by atoms with Crippen molar-refractivity contribution in [1.29, 1.82) is 0 Å². The molecule has 2 rings (SSSR count). The summed E-state index contributed by atoms with van der Waals surface area (Å²) in [7, 11) is 7.89. The molecule has 0 spiro atoms. The molecule has 0 fully saturated rings. The van der Waals surface area contributed by atoms with Crippen molar-refractivity contribution >= 4 is 11.7 Å². The van der Waals surface area contributed by atoms with E-state index in [9.17, 15) is 4.79 Å². The highest BCUT2D eigenvalue weighted by Crippen LogP contribution is 2.12. The molecule has 24 heavy (non-hydrogen) atoms. The lowest BCUT2D eigenvalue weighted by molar-refractivity contribution is 0.0731. The van der Waals surface area contributed by atoms with Gasteiger partial charge in [0, 0.05) is 39.9 Å². The van der Waals surface area contributed by atoms with Crippen LogP contribution in [0.4, 0.5) is 5.82 Å². The molecule has 128 valence electrons. The van der Waals surface area contributed by atoms with Crippen LogP contribution in [0.15, 0.2) is 48.7 Å². The topological polar surface area (TPSA) is 39.7 Å². The first-order chi connectivity index (χ1) is 11.5. The molecule has 5 nitrogen and oxygen atoms in total. The summed E-state index contributed by atoms with van der Waals surface area (Å²) in [6.45, 7) is 2.10. The van der Waals surface area contributed by atoms with E-state index in [1.165, 1.54) is 0 Å². The van der Waals surface area contributed by atoms with E-state index >= 15 is 0 Å². The Morgan fingerprint density at radius 3 is 2.21 bits per heavy atom. The molecule has 0 unspecified atom stereocenters. The van der Waals surface area contributed by atoms with Gasteiger partial charge in [0.15, 0.2) is 0 Å². The normalized spacial score (nSPS) is 10.7. The molecule has 1 aromatic heterocycles. The Morgan fingerprint density at radius 1 is 0.958 bits per heavy atom. The molecule has 0 aliphatic heterocycles. The molecule has 0 aliphatic carbocycles. The molecule has 1 aromatic carbocycles. The summed E-state index contributed by atoms with van der Waals surface area (Å²) in [5.41, 5.74) is 1.75. The first-order valence-electron chi connectivity index (χ1n) is 8.08. The van der Waals surface area contributed by atoms with Gasteiger partial charge in [-0.25, -0.2) is 4.98 Å². The fraction of sp³-hybridized carbons (Fsp3) is 0.368. The molecule has 1 amide bonds. The van der Waals surface area contributed by atoms with Crippen LogP contribution < -0.4 is 4.90 Å². The molecular weight excluding hydrogens is 300 g/mol. The molecule has 5 heteroatoms. The third-order valence-electron chi connectivity index (χ3n) is 3.77. The summed E-state index contributed by atoms with van der Waals surface area (Å²) in [4.78, 5) is 23.1. The van der Waals surface area contributed by atoms with Crippen LogP contribution in [0, 0.1) is 0 Å². The second-order valence-electron chi connectivity index (χ2n) is 6.32. The first-order valence-corrected chi connectivity index (χ1v) is 8.08. The number of pyridine rings is 1. The van der Waals surface area contributed by atoms with Crippen LogP contribution in [-0.2, 0) is 6.54 Å². The maximum atomic E-state index is 12.9. The van der Waals surface area contributed by atoms with E-state index < -0.39 is 0 Å². The summed E-state index contributed by atoms with van der Waals surface area (Å²) >= 11 is 0. The maximum Gasteiger partial charge on any atom is 0.255 e. The minimum atomic E-state index is 0.0125.